The molecule has 172 valence electrons. The Morgan fingerprint density at radius 3 is 2.55 bits per heavy atom. The van der Waals surface area contributed by atoms with E-state index in [2.05, 4.69) is 9.88 Å². The van der Waals surface area contributed by atoms with Gasteiger partial charge in [-0.05, 0) is 54.8 Å². The average Bonchev–Trinajstić information content (AvgIpc) is 3.29. The van der Waals surface area contributed by atoms with E-state index in [1.807, 2.05) is 56.4 Å². The summed E-state index contributed by atoms with van der Waals surface area (Å²) in [6, 6.07) is 17.2. The van der Waals surface area contributed by atoms with Gasteiger partial charge in [0.1, 0.15) is 12.4 Å². The number of amides is 3. The average molecular weight is 449 g/mol. The van der Waals surface area contributed by atoms with Crippen molar-refractivity contribution >= 4 is 17.6 Å². The van der Waals surface area contributed by atoms with Crippen molar-refractivity contribution in [2.45, 2.75) is 32.9 Å². The lowest BCUT2D eigenvalue weighted by atomic mass is 9.99. The largest absolute Gasteiger partial charge is 0.348 e. The minimum atomic E-state index is -0.329. The topological polar surface area (TPSA) is 57.6 Å². The summed E-state index contributed by atoms with van der Waals surface area (Å²) < 4.78 is 15.7. The van der Waals surface area contributed by atoms with E-state index in [1.165, 1.54) is 12.1 Å². The molecule has 0 saturated carbocycles. The lowest BCUT2D eigenvalue weighted by Crippen LogP contribution is -2.48. The lowest BCUT2D eigenvalue weighted by Gasteiger charge is -2.38. The van der Waals surface area contributed by atoms with E-state index in [-0.39, 0.29) is 30.3 Å². The smallest absolute Gasteiger partial charge is 0.322 e. The Kier molecular flexibility index (Phi) is 6.77. The summed E-state index contributed by atoms with van der Waals surface area (Å²) in [5, 5.41) is 2.93. The van der Waals surface area contributed by atoms with Crippen LogP contribution in [0.25, 0.3) is 0 Å². The third-order valence-corrected chi connectivity index (χ3v) is 6.04. The van der Waals surface area contributed by atoms with Crippen LogP contribution in [0.4, 0.5) is 14.9 Å². The number of aromatic nitrogens is 1. The number of carbonyl (C=O) groups excluding carboxylic acids is 2. The van der Waals surface area contributed by atoms with Crippen LogP contribution in [-0.4, -0.2) is 45.9 Å². The van der Waals surface area contributed by atoms with Crippen LogP contribution in [0.3, 0.4) is 0 Å². The van der Waals surface area contributed by atoms with Crippen molar-refractivity contribution in [3.8, 4) is 0 Å². The number of benzene rings is 2. The Morgan fingerprint density at radius 2 is 1.82 bits per heavy atom. The van der Waals surface area contributed by atoms with Crippen LogP contribution in [0.2, 0.25) is 0 Å². The van der Waals surface area contributed by atoms with Crippen molar-refractivity contribution in [1.82, 2.24) is 14.4 Å². The highest BCUT2D eigenvalue weighted by Crippen LogP contribution is 2.32. The van der Waals surface area contributed by atoms with Crippen molar-refractivity contribution in [2.24, 2.45) is 0 Å². The van der Waals surface area contributed by atoms with Gasteiger partial charge in [0.05, 0.1) is 6.04 Å². The van der Waals surface area contributed by atoms with E-state index in [1.54, 1.807) is 21.9 Å². The zero-order chi connectivity index (χ0) is 23.4. The zero-order valence-electron chi connectivity index (χ0n) is 19.0. The molecule has 1 aliphatic rings. The van der Waals surface area contributed by atoms with Gasteiger partial charge in [0.25, 0.3) is 0 Å². The second-order valence-electron chi connectivity index (χ2n) is 8.33. The van der Waals surface area contributed by atoms with Gasteiger partial charge in [-0.1, -0.05) is 37.3 Å². The van der Waals surface area contributed by atoms with Crippen molar-refractivity contribution in [1.29, 1.82) is 0 Å². The molecule has 1 aliphatic heterocycles. The fourth-order valence-electron chi connectivity index (χ4n) is 4.33. The van der Waals surface area contributed by atoms with Crippen LogP contribution in [0.5, 0.6) is 0 Å². The summed E-state index contributed by atoms with van der Waals surface area (Å²) in [6.07, 6.45) is 2.73. The third-order valence-electron chi connectivity index (χ3n) is 6.04. The molecule has 0 aliphatic carbocycles. The van der Waals surface area contributed by atoms with Crippen LogP contribution < -0.4 is 5.32 Å². The number of anilines is 1. The molecular formula is C26H29FN4O2. The first kappa shape index (κ1) is 22.6. The normalized spacial score (nSPS) is 15.1. The van der Waals surface area contributed by atoms with Crippen LogP contribution in [-0.2, 0) is 11.3 Å². The number of para-hydroxylation sites is 1. The maximum absolute atomic E-state index is 13.6. The molecule has 4 rings (SSSR count). The van der Waals surface area contributed by atoms with E-state index in [0.29, 0.717) is 19.6 Å². The van der Waals surface area contributed by atoms with E-state index in [0.717, 1.165) is 28.9 Å². The predicted molar refractivity (Wildman–Crippen MR) is 126 cm³/mol. The molecule has 1 N–H and O–H groups in total. The highest BCUT2D eigenvalue weighted by molar-refractivity contribution is 5.93. The molecule has 1 aromatic heterocycles. The fraction of sp³-hybridized carbons (Fsp3) is 0.308. The van der Waals surface area contributed by atoms with Gasteiger partial charge in [0.2, 0.25) is 5.91 Å². The lowest BCUT2D eigenvalue weighted by molar-refractivity contribution is -0.134. The zero-order valence-corrected chi connectivity index (χ0v) is 19.0. The number of rotatable bonds is 6. The molecule has 0 bridgehead atoms. The summed E-state index contributed by atoms with van der Waals surface area (Å²) in [5.41, 5.74) is 3.52. The van der Waals surface area contributed by atoms with Gasteiger partial charge in [-0.15, -0.1) is 0 Å². The molecule has 1 atom stereocenters. The third kappa shape index (κ3) is 4.92. The first-order chi connectivity index (χ1) is 16.0. The predicted octanol–water partition coefficient (Wildman–Crippen LogP) is 4.81. The summed E-state index contributed by atoms with van der Waals surface area (Å²) >= 11 is 0. The van der Waals surface area contributed by atoms with Crippen LogP contribution >= 0.6 is 0 Å². The minimum Gasteiger partial charge on any atom is -0.348 e. The number of nitrogens with zero attached hydrogens (tertiary/aromatic N) is 3. The van der Waals surface area contributed by atoms with Crippen molar-refractivity contribution in [3.63, 3.8) is 0 Å². The molecule has 2 aromatic carbocycles. The molecule has 0 unspecified atom stereocenters. The number of carbonyl (C=O) groups is 2. The Bertz CT molecular complexity index is 1130. The maximum Gasteiger partial charge on any atom is 0.322 e. The van der Waals surface area contributed by atoms with E-state index in [4.69, 9.17) is 0 Å². The van der Waals surface area contributed by atoms with Crippen LogP contribution in [0.1, 0.15) is 36.2 Å². The van der Waals surface area contributed by atoms with Crippen molar-refractivity contribution in [2.75, 3.05) is 25.0 Å². The molecule has 0 spiro atoms. The Balaban J connectivity index is 1.56. The van der Waals surface area contributed by atoms with Gasteiger partial charge >= 0.3 is 6.03 Å². The van der Waals surface area contributed by atoms with E-state index >= 15 is 0 Å². The Morgan fingerprint density at radius 1 is 1.06 bits per heavy atom. The minimum absolute atomic E-state index is 0.0239. The molecule has 0 saturated heterocycles. The maximum atomic E-state index is 13.6. The Hall–Kier alpha value is -3.61. The number of urea groups is 1. The molecular weight excluding hydrogens is 419 g/mol. The summed E-state index contributed by atoms with van der Waals surface area (Å²) in [7, 11) is 0. The highest BCUT2D eigenvalue weighted by atomic mass is 19.1. The molecule has 3 amide bonds. The number of fused-ring (bicyclic) bond motifs is 1. The van der Waals surface area contributed by atoms with Crippen molar-refractivity contribution in [3.05, 3.63) is 89.5 Å². The van der Waals surface area contributed by atoms with E-state index < -0.39 is 0 Å². The van der Waals surface area contributed by atoms with Gasteiger partial charge in [0, 0.05) is 37.2 Å². The number of hydrogen-bond donors (Lipinski definition) is 1. The number of halogens is 1. The molecule has 33 heavy (non-hydrogen) atoms. The second-order valence-corrected chi connectivity index (χ2v) is 8.33. The summed E-state index contributed by atoms with van der Waals surface area (Å²) in [4.78, 5) is 29.9. The van der Waals surface area contributed by atoms with E-state index in [9.17, 15) is 14.0 Å². The summed E-state index contributed by atoms with van der Waals surface area (Å²) in [5.74, 6) is -0.449. The molecule has 2 heterocycles. The van der Waals surface area contributed by atoms with Gasteiger partial charge in [-0.2, -0.15) is 0 Å². The van der Waals surface area contributed by atoms with Gasteiger partial charge in [-0.25, -0.2) is 9.18 Å². The number of hydrogen-bond acceptors (Lipinski definition) is 2. The second kappa shape index (κ2) is 9.90. The summed E-state index contributed by atoms with van der Waals surface area (Å²) in [6.45, 7) is 5.55. The molecule has 3 aromatic rings. The Labute approximate surface area is 193 Å². The van der Waals surface area contributed by atoms with Gasteiger partial charge in [-0.3, -0.25) is 4.79 Å². The number of nitrogens with one attached hydrogen (secondary N) is 1. The van der Waals surface area contributed by atoms with Gasteiger partial charge in [0.15, 0.2) is 0 Å². The fourth-order valence-corrected chi connectivity index (χ4v) is 4.33. The monoisotopic (exact) mass is 448 g/mol. The van der Waals surface area contributed by atoms with Crippen LogP contribution in [0.15, 0.2) is 66.9 Å². The van der Waals surface area contributed by atoms with Crippen molar-refractivity contribution < 1.29 is 14.0 Å². The van der Waals surface area contributed by atoms with Gasteiger partial charge < -0.3 is 19.7 Å². The molecule has 0 radical (unpaired) electrons. The first-order valence-electron chi connectivity index (χ1n) is 11.3. The standard InChI is InChI=1S/C26H29FN4O2/c1-3-14-30(26(33)28-22-8-5-4-7-19(22)2)18-24(32)31-17-16-29-15-6-9-23(29)25(31)20-10-12-21(27)13-11-20/h4-13,15,25H,3,14,16-18H2,1-2H3,(H,28,33)/t25-/m1/s1. The highest BCUT2D eigenvalue weighted by Gasteiger charge is 2.33. The number of aryl methyl sites for hydroxylation is 1. The molecule has 0 fully saturated rings. The molecule has 7 heteroatoms. The SMILES string of the molecule is CCCN(CC(=O)N1CCn2cccc2[C@H]1c1ccc(F)cc1)C(=O)Nc1ccccc1C. The molecule has 6 nitrogen and oxygen atoms in total. The first-order valence-corrected chi connectivity index (χ1v) is 11.3. The van der Waals surface area contributed by atoms with Crippen LogP contribution in [0, 0.1) is 12.7 Å². The quantitative estimate of drug-likeness (QED) is 0.588.